The van der Waals surface area contributed by atoms with Gasteiger partial charge in [0.2, 0.25) is 0 Å². The molecule has 122 valence electrons. The summed E-state index contributed by atoms with van der Waals surface area (Å²) in [4.78, 5) is 26.6. The average Bonchev–Trinajstić information content (AvgIpc) is 2.44. The second-order valence-electron chi connectivity index (χ2n) is 5.45. The van der Waals surface area contributed by atoms with Gasteiger partial charge in [0.05, 0.1) is 0 Å². The number of nitrogens with one attached hydrogen (secondary N) is 1. The number of carbonyl (C=O) groups excluding carboxylic acids is 1. The number of carboxylic acids is 1. The normalized spacial score (nSPS) is 20.6. The molecule has 2 N–H and O–H groups in total. The first-order chi connectivity index (χ1) is 9.81. The molecule has 0 spiro atoms. The predicted octanol–water partition coefficient (Wildman–Crippen LogP) is -0.0562. The Bertz CT molecular complexity index is 397. The van der Waals surface area contributed by atoms with Gasteiger partial charge in [-0.15, -0.1) is 0 Å². The van der Waals surface area contributed by atoms with E-state index in [9.17, 15) is 13.8 Å². The second kappa shape index (κ2) is 8.33. The van der Waals surface area contributed by atoms with E-state index in [0.717, 1.165) is 0 Å². The van der Waals surface area contributed by atoms with Crippen LogP contribution in [-0.4, -0.2) is 81.4 Å². The molecule has 1 rings (SSSR count). The zero-order chi connectivity index (χ0) is 16.0. The molecule has 1 saturated heterocycles. The molecule has 2 amide bonds. The van der Waals surface area contributed by atoms with Gasteiger partial charge < -0.3 is 15.3 Å². The van der Waals surface area contributed by atoms with Gasteiger partial charge in [-0.05, 0) is 20.3 Å². The Morgan fingerprint density at radius 2 is 1.81 bits per heavy atom. The first-order valence-corrected chi connectivity index (χ1v) is 8.86. The lowest BCUT2D eigenvalue weighted by molar-refractivity contribution is -0.143. The van der Waals surface area contributed by atoms with Crippen LogP contribution < -0.4 is 5.32 Å². The molecule has 0 aromatic heterocycles. The topological polar surface area (TPSA) is 90.0 Å². The van der Waals surface area contributed by atoms with Crippen molar-refractivity contribution >= 4 is 22.8 Å². The van der Waals surface area contributed by atoms with E-state index >= 15 is 0 Å². The third-order valence-corrected chi connectivity index (χ3v) is 4.53. The van der Waals surface area contributed by atoms with Crippen LogP contribution in [0.25, 0.3) is 0 Å². The van der Waals surface area contributed by atoms with Crippen LogP contribution in [0.1, 0.15) is 20.3 Å². The SMILES string of the molecule is CC(CCS(C)=O)NC(=O)N1CCN(C(C)C(=O)O)CC1. The minimum absolute atomic E-state index is 0.0163. The zero-order valence-corrected chi connectivity index (χ0v) is 13.7. The summed E-state index contributed by atoms with van der Waals surface area (Å²) in [5, 5.41) is 11.9. The van der Waals surface area contributed by atoms with E-state index in [1.165, 1.54) is 0 Å². The number of hydrogen-bond acceptors (Lipinski definition) is 4. The molecule has 0 aliphatic carbocycles. The van der Waals surface area contributed by atoms with E-state index in [4.69, 9.17) is 5.11 Å². The molecule has 0 saturated carbocycles. The number of rotatable bonds is 6. The Balaban J connectivity index is 2.34. The van der Waals surface area contributed by atoms with Crippen molar-refractivity contribution in [3.05, 3.63) is 0 Å². The van der Waals surface area contributed by atoms with Crippen LogP contribution in [0.3, 0.4) is 0 Å². The number of carbonyl (C=O) groups is 2. The molecular weight excluding hydrogens is 294 g/mol. The van der Waals surface area contributed by atoms with E-state index in [1.807, 2.05) is 11.8 Å². The van der Waals surface area contributed by atoms with E-state index < -0.39 is 22.8 Å². The highest BCUT2D eigenvalue weighted by molar-refractivity contribution is 7.84. The van der Waals surface area contributed by atoms with E-state index in [2.05, 4.69) is 5.32 Å². The van der Waals surface area contributed by atoms with E-state index in [1.54, 1.807) is 18.1 Å². The van der Waals surface area contributed by atoms with Crippen LogP contribution in [-0.2, 0) is 15.6 Å². The highest BCUT2D eigenvalue weighted by atomic mass is 32.2. The van der Waals surface area contributed by atoms with Crippen LogP contribution in [0.5, 0.6) is 0 Å². The van der Waals surface area contributed by atoms with Gasteiger partial charge in [0.1, 0.15) is 6.04 Å². The van der Waals surface area contributed by atoms with E-state index in [-0.39, 0.29) is 12.1 Å². The molecular formula is C13H25N3O4S. The lowest BCUT2D eigenvalue weighted by Gasteiger charge is -2.36. The molecule has 0 aromatic carbocycles. The molecule has 3 unspecified atom stereocenters. The number of piperazine rings is 1. The van der Waals surface area contributed by atoms with Crippen molar-refractivity contribution < 1.29 is 18.9 Å². The smallest absolute Gasteiger partial charge is 0.320 e. The Morgan fingerprint density at radius 3 is 2.29 bits per heavy atom. The summed E-state index contributed by atoms with van der Waals surface area (Å²) in [6.07, 6.45) is 2.34. The molecule has 7 nitrogen and oxygen atoms in total. The molecule has 1 fully saturated rings. The molecule has 21 heavy (non-hydrogen) atoms. The Morgan fingerprint density at radius 1 is 1.24 bits per heavy atom. The van der Waals surface area contributed by atoms with Gasteiger partial charge in [-0.25, -0.2) is 4.79 Å². The van der Waals surface area contributed by atoms with Crippen molar-refractivity contribution in [3.8, 4) is 0 Å². The number of carboxylic acid groups (broad SMARTS) is 1. The number of nitrogens with zero attached hydrogens (tertiary/aromatic N) is 2. The fourth-order valence-electron chi connectivity index (χ4n) is 2.19. The van der Waals surface area contributed by atoms with Crippen LogP contribution in [0.2, 0.25) is 0 Å². The van der Waals surface area contributed by atoms with Crippen LogP contribution in [0.4, 0.5) is 4.79 Å². The van der Waals surface area contributed by atoms with Crippen LogP contribution >= 0.6 is 0 Å². The molecule has 1 aliphatic rings. The largest absolute Gasteiger partial charge is 0.480 e. The zero-order valence-electron chi connectivity index (χ0n) is 12.9. The van der Waals surface area contributed by atoms with Crippen molar-refractivity contribution in [1.82, 2.24) is 15.1 Å². The Hall–Kier alpha value is -1.15. The van der Waals surface area contributed by atoms with Crippen molar-refractivity contribution in [1.29, 1.82) is 0 Å². The van der Waals surface area contributed by atoms with Crippen molar-refractivity contribution in [2.24, 2.45) is 0 Å². The van der Waals surface area contributed by atoms with Gasteiger partial charge in [-0.3, -0.25) is 13.9 Å². The van der Waals surface area contributed by atoms with Gasteiger partial charge in [-0.1, -0.05) is 0 Å². The van der Waals surface area contributed by atoms with Gasteiger partial charge in [0, 0.05) is 55.0 Å². The van der Waals surface area contributed by atoms with Gasteiger partial charge in [0.25, 0.3) is 0 Å². The van der Waals surface area contributed by atoms with Crippen molar-refractivity contribution in [3.63, 3.8) is 0 Å². The first kappa shape index (κ1) is 17.9. The third-order valence-electron chi connectivity index (χ3n) is 3.71. The predicted molar refractivity (Wildman–Crippen MR) is 81.8 cm³/mol. The maximum Gasteiger partial charge on any atom is 0.320 e. The highest BCUT2D eigenvalue weighted by Crippen LogP contribution is 2.07. The molecule has 1 aliphatic heterocycles. The van der Waals surface area contributed by atoms with Crippen molar-refractivity contribution in [2.75, 3.05) is 38.2 Å². The molecule has 0 aromatic rings. The maximum atomic E-state index is 12.1. The summed E-state index contributed by atoms with van der Waals surface area (Å²) in [5.74, 6) is -0.264. The maximum absolute atomic E-state index is 12.1. The van der Waals surface area contributed by atoms with Gasteiger partial charge in [-0.2, -0.15) is 0 Å². The molecule has 1 heterocycles. The van der Waals surface area contributed by atoms with Gasteiger partial charge >= 0.3 is 12.0 Å². The Labute approximate surface area is 128 Å². The first-order valence-electron chi connectivity index (χ1n) is 7.13. The summed E-state index contributed by atoms with van der Waals surface area (Å²) >= 11 is 0. The fraction of sp³-hybridized carbons (Fsp3) is 0.846. The summed E-state index contributed by atoms with van der Waals surface area (Å²) in [5.41, 5.74) is 0. The fourth-order valence-corrected chi connectivity index (χ4v) is 2.87. The molecule has 8 heteroatoms. The minimum atomic E-state index is -0.847. The van der Waals surface area contributed by atoms with Crippen molar-refractivity contribution in [2.45, 2.75) is 32.4 Å². The van der Waals surface area contributed by atoms with Crippen LogP contribution in [0, 0.1) is 0 Å². The Kier molecular flexibility index (Phi) is 7.10. The average molecular weight is 319 g/mol. The number of aliphatic carboxylic acids is 1. The third kappa shape index (κ3) is 6.01. The number of hydrogen-bond donors (Lipinski definition) is 2. The molecule has 0 bridgehead atoms. The second-order valence-corrected chi connectivity index (χ2v) is 7.01. The standard InChI is InChI=1S/C13H25N3O4S/c1-10(4-9-21(3)20)14-13(19)16-7-5-15(6-8-16)11(2)12(17)18/h10-11H,4-9H2,1-3H3,(H,14,19)(H,17,18). The van der Waals surface area contributed by atoms with Crippen LogP contribution in [0.15, 0.2) is 0 Å². The summed E-state index contributed by atoms with van der Waals surface area (Å²) in [6, 6.07) is -0.668. The number of urea groups is 1. The van der Waals surface area contributed by atoms with Gasteiger partial charge in [0.15, 0.2) is 0 Å². The quantitative estimate of drug-likeness (QED) is 0.716. The van der Waals surface area contributed by atoms with E-state index in [0.29, 0.717) is 38.4 Å². The summed E-state index contributed by atoms with van der Waals surface area (Å²) in [7, 11) is -0.847. The highest BCUT2D eigenvalue weighted by Gasteiger charge is 2.27. The minimum Gasteiger partial charge on any atom is -0.480 e. The monoisotopic (exact) mass is 319 g/mol. The molecule has 3 atom stereocenters. The lowest BCUT2D eigenvalue weighted by Crippen LogP contribution is -2.56. The summed E-state index contributed by atoms with van der Waals surface area (Å²) < 4.78 is 11.0. The molecule has 0 radical (unpaired) electrons. The lowest BCUT2D eigenvalue weighted by atomic mass is 10.2. The summed E-state index contributed by atoms with van der Waals surface area (Å²) in [6.45, 7) is 5.73. The number of amides is 2.